The van der Waals surface area contributed by atoms with Gasteiger partial charge >= 0.3 is 0 Å². The van der Waals surface area contributed by atoms with E-state index in [1.807, 2.05) is 17.7 Å². The second-order valence-electron chi connectivity index (χ2n) is 5.25. The zero-order valence-electron chi connectivity index (χ0n) is 12.6. The number of rotatable bonds is 7. The molecule has 0 aliphatic carbocycles. The number of halogens is 1. The van der Waals surface area contributed by atoms with Crippen LogP contribution in [-0.2, 0) is 19.4 Å². The highest BCUT2D eigenvalue weighted by Gasteiger charge is 2.17. The Hall–Kier alpha value is -1.36. The first-order valence-electron chi connectivity index (χ1n) is 7.37. The fraction of sp³-hybridized carbons (Fsp3) is 0.438. The molecule has 1 unspecified atom stereocenters. The standard InChI is InChI=1S/C16H23ClN4/c1-3-21-15(16(17)12(2)20-21)11-14(19-18)10-9-13-7-5-4-6-8-13/h4-8,14,19H,3,9-11,18H2,1-2H3. The number of nitrogens with zero attached hydrogens (tertiary/aromatic N) is 2. The smallest absolute Gasteiger partial charge is 0.0847 e. The van der Waals surface area contributed by atoms with Crippen LogP contribution in [0.5, 0.6) is 0 Å². The second-order valence-corrected chi connectivity index (χ2v) is 5.63. The molecular formula is C16H23ClN4. The predicted molar refractivity (Wildman–Crippen MR) is 87.2 cm³/mol. The normalized spacial score (nSPS) is 12.6. The van der Waals surface area contributed by atoms with Gasteiger partial charge < -0.3 is 0 Å². The SMILES string of the molecule is CCn1nc(C)c(Cl)c1CC(CCc1ccccc1)NN. The van der Waals surface area contributed by atoms with Gasteiger partial charge in [-0.3, -0.25) is 16.0 Å². The van der Waals surface area contributed by atoms with E-state index in [1.165, 1.54) is 5.56 Å². The maximum atomic E-state index is 6.36. The van der Waals surface area contributed by atoms with E-state index < -0.39 is 0 Å². The van der Waals surface area contributed by atoms with E-state index in [0.717, 1.165) is 42.2 Å². The fourth-order valence-electron chi connectivity index (χ4n) is 2.53. The number of hydrazine groups is 1. The van der Waals surface area contributed by atoms with Gasteiger partial charge in [0.05, 0.1) is 16.4 Å². The maximum Gasteiger partial charge on any atom is 0.0847 e. The Balaban J connectivity index is 2.02. The van der Waals surface area contributed by atoms with E-state index >= 15 is 0 Å². The monoisotopic (exact) mass is 306 g/mol. The Morgan fingerprint density at radius 1 is 1.33 bits per heavy atom. The average molecular weight is 307 g/mol. The first-order valence-corrected chi connectivity index (χ1v) is 7.75. The maximum absolute atomic E-state index is 6.36. The van der Waals surface area contributed by atoms with Gasteiger partial charge in [0.25, 0.3) is 0 Å². The molecule has 1 atom stereocenters. The Morgan fingerprint density at radius 2 is 2.05 bits per heavy atom. The molecule has 3 N–H and O–H groups in total. The minimum atomic E-state index is 0.184. The van der Waals surface area contributed by atoms with Gasteiger partial charge in [-0.2, -0.15) is 5.10 Å². The lowest BCUT2D eigenvalue weighted by molar-refractivity contribution is 0.471. The van der Waals surface area contributed by atoms with Crippen molar-refractivity contribution < 1.29 is 0 Å². The van der Waals surface area contributed by atoms with Gasteiger partial charge in [-0.15, -0.1) is 0 Å². The van der Waals surface area contributed by atoms with E-state index in [-0.39, 0.29) is 6.04 Å². The molecule has 114 valence electrons. The summed E-state index contributed by atoms with van der Waals surface area (Å²) >= 11 is 6.36. The van der Waals surface area contributed by atoms with Gasteiger partial charge in [0.1, 0.15) is 0 Å². The third-order valence-corrected chi connectivity index (χ3v) is 4.24. The van der Waals surface area contributed by atoms with Crippen LogP contribution in [0, 0.1) is 6.92 Å². The molecule has 0 aliphatic rings. The molecule has 2 aromatic rings. The van der Waals surface area contributed by atoms with Crippen LogP contribution < -0.4 is 11.3 Å². The molecule has 5 heteroatoms. The molecule has 0 bridgehead atoms. The molecular weight excluding hydrogens is 284 g/mol. The molecule has 21 heavy (non-hydrogen) atoms. The van der Waals surface area contributed by atoms with Crippen LogP contribution in [0.15, 0.2) is 30.3 Å². The Bertz CT molecular complexity index is 565. The topological polar surface area (TPSA) is 55.9 Å². The molecule has 2 rings (SSSR count). The minimum absolute atomic E-state index is 0.184. The third kappa shape index (κ3) is 4.06. The lowest BCUT2D eigenvalue weighted by atomic mass is 10.0. The lowest BCUT2D eigenvalue weighted by Gasteiger charge is -2.17. The van der Waals surface area contributed by atoms with Crippen LogP contribution in [0.2, 0.25) is 5.02 Å². The summed E-state index contributed by atoms with van der Waals surface area (Å²) in [6.45, 7) is 4.83. The molecule has 0 saturated carbocycles. The van der Waals surface area contributed by atoms with Crippen molar-refractivity contribution in [1.82, 2.24) is 15.2 Å². The lowest BCUT2D eigenvalue weighted by Crippen LogP contribution is -2.37. The predicted octanol–water partition coefficient (Wildman–Crippen LogP) is 2.87. The average Bonchev–Trinajstić information content (AvgIpc) is 2.79. The van der Waals surface area contributed by atoms with Crippen molar-refractivity contribution in [2.45, 2.75) is 45.7 Å². The van der Waals surface area contributed by atoms with Gasteiger partial charge in [-0.05, 0) is 32.3 Å². The molecule has 0 saturated heterocycles. The summed E-state index contributed by atoms with van der Waals surface area (Å²) in [4.78, 5) is 0. The minimum Gasteiger partial charge on any atom is -0.271 e. The Labute approximate surface area is 131 Å². The zero-order valence-corrected chi connectivity index (χ0v) is 13.4. The van der Waals surface area contributed by atoms with Crippen molar-refractivity contribution in [3.05, 3.63) is 52.3 Å². The van der Waals surface area contributed by atoms with Crippen molar-refractivity contribution in [1.29, 1.82) is 0 Å². The molecule has 0 fully saturated rings. The van der Waals surface area contributed by atoms with E-state index in [0.29, 0.717) is 0 Å². The molecule has 1 aromatic heterocycles. The van der Waals surface area contributed by atoms with E-state index in [1.54, 1.807) is 0 Å². The van der Waals surface area contributed by atoms with Crippen molar-refractivity contribution in [2.24, 2.45) is 5.84 Å². The molecule has 0 spiro atoms. The number of hydrogen-bond acceptors (Lipinski definition) is 3. The number of aromatic nitrogens is 2. The Kier molecular flexibility index (Phi) is 5.79. The van der Waals surface area contributed by atoms with E-state index in [2.05, 4.69) is 41.7 Å². The van der Waals surface area contributed by atoms with Gasteiger partial charge in [-0.25, -0.2) is 0 Å². The summed E-state index contributed by atoms with van der Waals surface area (Å²) in [5, 5.41) is 5.21. The van der Waals surface area contributed by atoms with Crippen LogP contribution in [0.1, 0.15) is 30.3 Å². The summed E-state index contributed by atoms with van der Waals surface area (Å²) in [5.41, 5.74) is 6.18. The van der Waals surface area contributed by atoms with Crippen molar-refractivity contribution in [2.75, 3.05) is 0 Å². The summed E-state index contributed by atoms with van der Waals surface area (Å²) in [6, 6.07) is 10.6. The van der Waals surface area contributed by atoms with Crippen LogP contribution >= 0.6 is 11.6 Å². The third-order valence-electron chi connectivity index (χ3n) is 3.75. The first kappa shape index (κ1) is 16.0. The van der Waals surface area contributed by atoms with Crippen molar-refractivity contribution in [3.8, 4) is 0 Å². The molecule has 1 aromatic carbocycles. The van der Waals surface area contributed by atoms with E-state index in [9.17, 15) is 0 Å². The number of aryl methyl sites for hydroxylation is 3. The van der Waals surface area contributed by atoms with Crippen LogP contribution in [0.25, 0.3) is 0 Å². The summed E-state index contributed by atoms with van der Waals surface area (Å²) < 4.78 is 1.96. The number of nitrogens with one attached hydrogen (secondary N) is 1. The van der Waals surface area contributed by atoms with Gasteiger partial charge in [-0.1, -0.05) is 41.9 Å². The number of benzene rings is 1. The summed E-state index contributed by atoms with van der Waals surface area (Å²) in [5.74, 6) is 5.71. The molecule has 0 amide bonds. The van der Waals surface area contributed by atoms with Gasteiger partial charge in [0, 0.05) is 19.0 Å². The summed E-state index contributed by atoms with van der Waals surface area (Å²) in [6.07, 6.45) is 2.74. The Morgan fingerprint density at radius 3 is 2.67 bits per heavy atom. The summed E-state index contributed by atoms with van der Waals surface area (Å²) in [7, 11) is 0. The highest BCUT2D eigenvalue weighted by molar-refractivity contribution is 6.31. The highest BCUT2D eigenvalue weighted by atomic mass is 35.5. The quantitative estimate of drug-likeness (QED) is 0.611. The van der Waals surface area contributed by atoms with Crippen LogP contribution in [-0.4, -0.2) is 15.8 Å². The van der Waals surface area contributed by atoms with Gasteiger partial charge in [0.2, 0.25) is 0 Å². The molecule has 0 aliphatic heterocycles. The van der Waals surface area contributed by atoms with Gasteiger partial charge in [0.15, 0.2) is 0 Å². The number of hydrogen-bond donors (Lipinski definition) is 2. The van der Waals surface area contributed by atoms with E-state index in [4.69, 9.17) is 17.4 Å². The van der Waals surface area contributed by atoms with Crippen LogP contribution in [0.4, 0.5) is 0 Å². The first-order chi connectivity index (χ1) is 10.2. The van der Waals surface area contributed by atoms with Crippen LogP contribution in [0.3, 0.4) is 0 Å². The largest absolute Gasteiger partial charge is 0.271 e. The fourth-order valence-corrected chi connectivity index (χ4v) is 2.74. The second kappa shape index (κ2) is 7.59. The zero-order chi connectivity index (χ0) is 15.2. The van der Waals surface area contributed by atoms with Crippen molar-refractivity contribution >= 4 is 11.6 Å². The molecule has 4 nitrogen and oxygen atoms in total. The highest BCUT2D eigenvalue weighted by Crippen LogP contribution is 2.22. The number of nitrogens with two attached hydrogens (primary N) is 1. The molecule has 1 heterocycles. The molecule has 0 radical (unpaired) electrons. The van der Waals surface area contributed by atoms with Crippen molar-refractivity contribution in [3.63, 3.8) is 0 Å².